The van der Waals surface area contributed by atoms with Gasteiger partial charge < -0.3 is 10.8 Å². The minimum atomic E-state index is -0.391. The SMILES string of the molecule is CC(N)(Cc1ccc(O)cc1)c1ccccc1.Cl. The van der Waals surface area contributed by atoms with Crippen molar-refractivity contribution in [1.82, 2.24) is 0 Å². The molecule has 2 aromatic carbocycles. The first-order valence-electron chi connectivity index (χ1n) is 5.70. The maximum atomic E-state index is 9.24. The predicted octanol–water partition coefficient (Wildman–Crippen LogP) is 3.23. The van der Waals surface area contributed by atoms with Gasteiger partial charge in [-0.15, -0.1) is 12.4 Å². The lowest BCUT2D eigenvalue weighted by atomic mass is 9.87. The van der Waals surface area contributed by atoms with E-state index in [4.69, 9.17) is 5.73 Å². The molecule has 0 amide bonds. The van der Waals surface area contributed by atoms with Crippen LogP contribution in [0.3, 0.4) is 0 Å². The highest BCUT2D eigenvalue weighted by atomic mass is 35.5. The van der Waals surface area contributed by atoms with E-state index >= 15 is 0 Å². The van der Waals surface area contributed by atoms with E-state index in [1.165, 1.54) is 0 Å². The molecule has 0 saturated heterocycles. The van der Waals surface area contributed by atoms with Gasteiger partial charge in [-0.3, -0.25) is 0 Å². The second-order valence-corrected chi connectivity index (χ2v) is 4.63. The van der Waals surface area contributed by atoms with Gasteiger partial charge in [-0.1, -0.05) is 42.5 Å². The van der Waals surface area contributed by atoms with Crippen LogP contribution in [-0.2, 0) is 12.0 Å². The van der Waals surface area contributed by atoms with Gasteiger partial charge in [0.1, 0.15) is 5.75 Å². The average molecular weight is 264 g/mol. The van der Waals surface area contributed by atoms with Gasteiger partial charge in [0.05, 0.1) is 0 Å². The minimum absolute atomic E-state index is 0. The topological polar surface area (TPSA) is 46.2 Å². The monoisotopic (exact) mass is 263 g/mol. The van der Waals surface area contributed by atoms with Crippen molar-refractivity contribution in [3.63, 3.8) is 0 Å². The van der Waals surface area contributed by atoms with Crippen LogP contribution in [0.25, 0.3) is 0 Å². The molecule has 1 unspecified atom stereocenters. The van der Waals surface area contributed by atoms with Gasteiger partial charge in [0.25, 0.3) is 0 Å². The van der Waals surface area contributed by atoms with Crippen molar-refractivity contribution in [2.75, 3.05) is 0 Å². The van der Waals surface area contributed by atoms with Crippen LogP contribution >= 0.6 is 12.4 Å². The summed E-state index contributed by atoms with van der Waals surface area (Å²) in [5, 5.41) is 9.24. The number of hydrogen-bond donors (Lipinski definition) is 2. The van der Waals surface area contributed by atoms with Gasteiger partial charge in [-0.25, -0.2) is 0 Å². The third-order valence-corrected chi connectivity index (χ3v) is 2.94. The molecule has 96 valence electrons. The zero-order chi connectivity index (χ0) is 12.3. The highest BCUT2D eigenvalue weighted by molar-refractivity contribution is 5.85. The van der Waals surface area contributed by atoms with Crippen LogP contribution in [0.15, 0.2) is 54.6 Å². The first-order chi connectivity index (χ1) is 8.08. The van der Waals surface area contributed by atoms with Gasteiger partial charge in [-0.05, 0) is 36.6 Å². The zero-order valence-electron chi connectivity index (χ0n) is 10.3. The number of nitrogens with two attached hydrogens (primary N) is 1. The summed E-state index contributed by atoms with van der Waals surface area (Å²) >= 11 is 0. The van der Waals surface area contributed by atoms with E-state index in [9.17, 15) is 5.11 Å². The summed E-state index contributed by atoms with van der Waals surface area (Å²) in [4.78, 5) is 0. The summed E-state index contributed by atoms with van der Waals surface area (Å²) in [6, 6.07) is 17.3. The Labute approximate surface area is 114 Å². The average Bonchev–Trinajstić information content (AvgIpc) is 2.33. The van der Waals surface area contributed by atoms with E-state index < -0.39 is 5.54 Å². The molecule has 3 heteroatoms. The lowest BCUT2D eigenvalue weighted by Gasteiger charge is -2.25. The number of phenols is 1. The number of phenolic OH excluding ortho intramolecular Hbond substituents is 1. The smallest absolute Gasteiger partial charge is 0.115 e. The highest BCUT2D eigenvalue weighted by Gasteiger charge is 2.21. The van der Waals surface area contributed by atoms with Crippen LogP contribution in [0.4, 0.5) is 0 Å². The van der Waals surface area contributed by atoms with Gasteiger partial charge in [0, 0.05) is 5.54 Å². The van der Waals surface area contributed by atoms with Crippen molar-refractivity contribution < 1.29 is 5.11 Å². The fraction of sp³-hybridized carbons (Fsp3) is 0.200. The molecule has 0 fully saturated rings. The molecule has 0 spiro atoms. The predicted molar refractivity (Wildman–Crippen MR) is 77.0 cm³/mol. The molecule has 0 aliphatic rings. The van der Waals surface area contributed by atoms with Gasteiger partial charge in [0.15, 0.2) is 0 Å². The zero-order valence-corrected chi connectivity index (χ0v) is 11.2. The molecule has 1 atom stereocenters. The highest BCUT2D eigenvalue weighted by Crippen LogP contribution is 2.23. The molecule has 2 nitrogen and oxygen atoms in total. The van der Waals surface area contributed by atoms with Crippen LogP contribution < -0.4 is 5.73 Å². The molecule has 0 aromatic heterocycles. The normalized spacial score (nSPS) is 13.4. The van der Waals surface area contributed by atoms with Gasteiger partial charge in [-0.2, -0.15) is 0 Å². The third-order valence-electron chi connectivity index (χ3n) is 2.94. The third kappa shape index (κ3) is 3.49. The fourth-order valence-electron chi connectivity index (χ4n) is 1.96. The summed E-state index contributed by atoms with van der Waals surface area (Å²) in [5.74, 6) is 0.284. The molecular formula is C15H18ClNO. The molecule has 2 rings (SSSR count). The summed E-state index contributed by atoms with van der Waals surface area (Å²) in [6.45, 7) is 2.02. The summed E-state index contributed by atoms with van der Waals surface area (Å²) in [6.07, 6.45) is 0.747. The van der Waals surface area contributed by atoms with E-state index in [2.05, 4.69) is 0 Å². The van der Waals surface area contributed by atoms with Crippen LogP contribution in [0, 0.1) is 0 Å². The number of benzene rings is 2. The number of rotatable bonds is 3. The molecule has 0 bridgehead atoms. The second kappa shape index (κ2) is 5.89. The standard InChI is InChI=1S/C15H17NO.ClH/c1-15(16,13-5-3-2-4-6-13)11-12-7-9-14(17)10-8-12;/h2-10,17H,11,16H2,1H3;1H. The van der Waals surface area contributed by atoms with E-state index in [0.29, 0.717) is 0 Å². The Kier molecular flexibility index (Phi) is 4.76. The molecule has 18 heavy (non-hydrogen) atoms. The van der Waals surface area contributed by atoms with Crippen molar-refractivity contribution in [3.8, 4) is 5.75 Å². The maximum absolute atomic E-state index is 9.24. The lowest BCUT2D eigenvalue weighted by Crippen LogP contribution is -2.35. The summed E-state index contributed by atoms with van der Waals surface area (Å²) in [5.41, 5.74) is 8.20. The Morgan fingerprint density at radius 1 is 1.00 bits per heavy atom. The molecule has 0 radical (unpaired) electrons. The molecular weight excluding hydrogens is 246 g/mol. The molecule has 0 aliphatic heterocycles. The Morgan fingerprint density at radius 3 is 2.11 bits per heavy atom. The summed E-state index contributed by atoms with van der Waals surface area (Å²) in [7, 11) is 0. The van der Waals surface area contributed by atoms with E-state index in [0.717, 1.165) is 17.5 Å². The second-order valence-electron chi connectivity index (χ2n) is 4.63. The molecule has 3 N–H and O–H groups in total. The van der Waals surface area contributed by atoms with Crippen molar-refractivity contribution in [1.29, 1.82) is 0 Å². The molecule has 0 saturated carbocycles. The van der Waals surface area contributed by atoms with E-state index in [1.54, 1.807) is 12.1 Å². The van der Waals surface area contributed by atoms with Crippen molar-refractivity contribution >= 4 is 12.4 Å². The Morgan fingerprint density at radius 2 is 1.56 bits per heavy atom. The largest absolute Gasteiger partial charge is 0.508 e. The van der Waals surface area contributed by atoms with Crippen LogP contribution in [-0.4, -0.2) is 5.11 Å². The van der Waals surface area contributed by atoms with Crippen molar-refractivity contribution in [2.24, 2.45) is 5.73 Å². The van der Waals surface area contributed by atoms with Gasteiger partial charge >= 0.3 is 0 Å². The maximum Gasteiger partial charge on any atom is 0.115 e. The number of aromatic hydroxyl groups is 1. The molecule has 0 heterocycles. The Hall–Kier alpha value is -1.51. The van der Waals surface area contributed by atoms with E-state index in [1.807, 2.05) is 49.4 Å². The van der Waals surface area contributed by atoms with Crippen LogP contribution in [0.1, 0.15) is 18.1 Å². The summed E-state index contributed by atoms with van der Waals surface area (Å²) < 4.78 is 0. The quantitative estimate of drug-likeness (QED) is 0.893. The van der Waals surface area contributed by atoms with Crippen LogP contribution in [0.5, 0.6) is 5.75 Å². The molecule has 2 aromatic rings. The fourth-order valence-corrected chi connectivity index (χ4v) is 1.96. The van der Waals surface area contributed by atoms with Crippen LogP contribution in [0.2, 0.25) is 0 Å². The van der Waals surface area contributed by atoms with Gasteiger partial charge in [0.2, 0.25) is 0 Å². The first kappa shape index (κ1) is 14.6. The Bertz CT molecular complexity index is 480. The number of hydrogen-bond acceptors (Lipinski definition) is 2. The Balaban J connectivity index is 0.00000162. The lowest BCUT2D eigenvalue weighted by molar-refractivity contribution is 0.472. The minimum Gasteiger partial charge on any atom is -0.508 e. The van der Waals surface area contributed by atoms with E-state index in [-0.39, 0.29) is 18.2 Å². The first-order valence-corrected chi connectivity index (χ1v) is 5.70. The molecule has 0 aliphatic carbocycles. The number of halogens is 1. The van der Waals surface area contributed by atoms with Crippen molar-refractivity contribution in [2.45, 2.75) is 18.9 Å². The van der Waals surface area contributed by atoms with Crippen molar-refractivity contribution in [3.05, 3.63) is 65.7 Å².